The van der Waals surface area contributed by atoms with Crippen LogP contribution in [-0.4, -0.2) is 31.3 Å². The van der Waals surface area contributed by atoms with Crippen LogP contribution in [0.15, 0.2) is 12.1 Å². The van der Waals surface area contributed by atoms with Gasteiger partial charge in [0.25, 0.3) is 0 Å². The van der Waals surface area contributed by atoms with E-state index in [0.29, 0.717) is 0 Å². The number of piperazine rings is 1. The maximum atomic E-state index is 8.93. The first-order chi connectivity index (χ1) is 6.40. The van der Waals surface area contributed by atoms with Crippen molar-refractivity contribution in [1.82, 2.24) is 5.32 Å². The van der Waals surface area contributed by atoms with Gasteiger partial charge in [-0.2, -0.15) is 0 Å². The second-order valence-corrected chi connectivity index (χ2v) is 4.28. The number of thiophene rings is 1. The Balaban J connectivity index is 2.05. The number of anilines is 1. The molecule has 0 spiro atoms. The second-order valence-electron chi connectivity index (χ2n) is 3.14. The maximum absolute atomic E-state index is 8.93. The molecule has 1 aromatic rings. The minimum Gasteiger partial charge on any atom is -0.391 e. The van der Waals surface area contributed by atoms with Crippen molar-refractivity contribution in [3.8, 4) is 0 Å². The van der Waals surface area contributed by atoms with Gasteiger partial charge in [0.1, 0.15) is 0 Å². The summed E-state index contributed by atoms with van der Waals surface area (Å²) in [6.45, 7) is 4.44. The summed E-state index contributed by atoms with van der Waals surface area (Å²) in [6.07, 6.45) is 0. The normalized spacial score (nSPS) is 17.8. The third-order valence-corrected chi connectivity index (χ3v) is 3.36. The van der Waals surface area contributed by atoms with Gasteiger partial charge in [-0.1, -0.05) is 0 Å². The number of aliphatic hydroxyl groups excluding tert-OH is 1. The summed E-state index contributed by atoms with van der Waals surface area (Å²) < 4.78 is 0. The van der Waals surface area contributed by atoms with Crippen molar-refractivity contribution >= 4 is 16.3 Å². The molecule has 0 atom stereocenters. The Kier molecular flexibility index (Phi) is 2.83. The SMILES string of the molecule is OCc1ccc(N2CCNCC2)s1. The summed E-state index contributed by atoms with van der Waals surface area (Å²) in [5, 5.41) is 13.5. The smallest absolute Gasteiger partial charge is 0.0913 e. The molecule has 0 unspecified atom stereocenters. The van der Waals surface area contributed by atoms with Crippen LogP contribution in [0.2, 0.25) is 0 Å². The molecule has 1 saturated heterocycles. The van der Waals surface area contributed by atoms with Crippen molar-refractivity contribution in [3.63, 3.8) is 0 Å². The van der Waals surface area contributed by atoms with Crippen molar-refractivity contribution < 1.29 is 5.11 Å². The molecule has 0 saturated carbocycles. The highest BCUT2D eigenvalue weighted by Gasteiger charge is 2.11. The van der Waals surface area contributed by atoms with Crippen LogP contribution in [-0.2, 0) is 6.61 Å². The fraction of sp³-hybridized carbons (Fsp3) is 0.556. The van der Waals surface area contributed by atoms with Crippen LogP contribution in [0.4, 0.5) is 5.00 Å². The molecule has 0 amide bonds. The van der Waals surface area contributed by atoms with E-state index in [1.165, 1.54) is 5.00 Å². The molecule has 2 heterocycles. The summed E-state index contributed by atoms with van der Waals surface area (Å²) in [5.74, 6) is 0. The van der Waals surface area contributed by atoms with Gasteiger partial charge in [-0.15, -0.1) is 11.3 Å². The highest BCUT2D eigenvalue weighted by atomic mass is 32.1. The number of aliphatic hydroxyl groups is 1. The van der Waals surface area contributed by atoms with E-state index >= 15 is 0 Å². The van der Waals surface area contributed by atoms with E-state index in [2.05, 4.69) is 16.3 Å². The Hall–Kier alpha value is -0.580. The highest BCUT2D eigenvalue weighted by Crippen LogP contribution is 2.25. The van der Waals surface area contributed by atoms with E-state index < -0.39 is 0 Å². The van der Waals surface area contributed by atoms with Gasteiger partial charge in [0.2, 0.25) is 0 Å². The average molecular weight is 198 g/mol. The molecule has 0 bridgehead atoms. The maximum Gasteiger partial charge on any atom is 0.0913 e. The monoisotopic (exact) mass is 198 g/mol. The first-order valence-corrected chi connectivity index (χ1v) is 5.37. The molecular formula is C9H14N2OS. The van der Waals surface area contributed by atoms with Crippen LogP contribution in [0.3, 0.4) is 0 Å². The average Bonchev–Trinajstić information content (AvgIpc) is 2.67. The lowest BCUT2D eigenvalue weighted by Gasteiger charge is -2.27. The standard InChI is InChI=1S/C9H14N2OS/c12-7-8-1-2-9(13-8)11-5-3-10-4-6-11/h1-2,10,12H,3-7H2. The molecule has 1 aromatic heterocycles. The Bertz CT molecular complexity index is 268. The number of nitrogens with one attached hydrogen (secondary N) is 1. The second kappa shape index (κ2) is 4.09. The zero-order valence-electron chi connectivity index (χ0n) is 7.49. The predicted octanol–water partition coefficient (Wildman–Crippen LogP) is 0.650. The van der Waals surface area contributed by atoms with Gasteiger partial charge in [0.15, 0.2) is 0 Å². The van der Waals surface area contributed by atoms with Gasteiger partial charge < -0.3 is 15.3 Å². The van der Waals surface area contributed by atoms with Gasteiger partial charge >= 0.3 is 0 Å². The summed E-state index contributed by atoms with van der Waals surface area (Å²) in [7, 11) is 0. The molecule has 0 radical (unpaired) electrons. The van der Waals surface area contributed by atoms with Crippen molar-refractivity contribution in [3.05, 3.63) is 17.0 Å². The van der Waals surface area contributed by atoms with Crippen LogP contribution in [0.25, 0.3) is 0 Å². The molecule has 4 heteroatoms. The third-order valence-electron chi connectivity index (χ3n) is 2.23. The highest BCUT2D eigenvalue weighted by molar-refractivity contribution is 7.16. The lowest BCUT2D eigenvalue weighted by atomic mass is 10.4. The quantitative estimate of drug-likeness (QED) is 0.732. The topological polar surface area (TPSA) is 35.5 Å². The van der Waals surface area contributed by atoms with Crippen molar-refractivity contribution in [1.29, 1.82) is 0 Å². The first kappa shape index (κ1) is 8.99. The van der Waals surface area contributed by atoms with Gasteiger partial charge in [-0.3, -0.25) is 0 Å². The lowest BCUT2D eigenvalue weighted by Crippen LogP contribution is -2.43. The molecule has 1 aliphatic rings. The molecule has 0 aromatic carbocycles. The summed E-state index contributed by atoms with van der Waals surface area (Å²) in [4.78, 5) is 3.41. The van der Waals surface area contributed by atoms with E-state index in [1.807, 2.05) is 6.07 Å². The number of hydrogen-bond donors (Lipinski definition) is 2. The zero-order chi connectivity index (χ0) is 9.10. The van der Waals surface area contributed by atoms with Gasteiger partial charge in [0.05, 0.1) is 11.6 Å². The molecule has 13 heavy (non-hydrogen) atoms. The van der Waals surface area contributed by atoms with Crippen LogP contribution < -0.4 is 10.2 Å². The van der Waals surface area contributed by atoms with Gasteiger partial charge in [0, 0.05) is 31.1 Å². The van der Waals surface area contributed by atoms with Crippen molar-refractivity contribution in [2.75, 3.05) is 31.1 Å². The number of hydrogen-bond acceptors (Lipinski definition) is 4. The first-order valence-electron chi connectivity index (χ1n) is 4.55. The van der Waals surface area contributed by atoms with Gasteiger partial charge in [-0.05, 0) is 12.1 Å². The van der Waals surface area contributed by atoms with E-state index in [4.69, 9.17) is 5.11 Å². The molecule has 0 aliphatic carbocycles. The molecule has 2 rings (SSSR count). The summed E-state index contributed by atoms with van der Waals surface area (Å²) in [6, 6.07) is 4.10. The van der Waals surface area contributed by atoms with Crippen molar-refractivity contribution in [2.45, 2.75) is 6.61 Å². The fourth-order valence-electron chi connectivity index (χ4n) is 1.51. The van der Waals surface area contributed by atoms with E-state index in [1.54, 1.807) is 11.3 Å². The van der Waals surface area contributed by atoms with Crippen LogP contribution >= 0.6 is 11.3 Å². The molecule has 1 fully saturated rings. The third kappa shape index (κ3) is 2.02. The zero-order valence-corrected chi connectivity index (χ0v) is 8.31. The van der Waals surface area contributed by atoms with E-state index in [-0.39, 0.29) is 6.61 Å². The van der Waals surface area contributed by atoms with E-state index in [0.717, 1.165) is 31.1 Å². The molecule has 1 aliphatic heterocycles. The van der Waals surface area contributed by atoms with Crippen LogP contribution in [0.1, 0.15) is 4.88 Å². The summed E-state index contributed by atoms with van der Waals surface area (Å²) in [5.41, 5.74) is 0. The largest absolute Gasteiger partial charge is 0.391 e. The number of rotatable bonds is 2. The fourth-order valence-corrected chi connectivity index (χ4v) is 2.42. The van der Waals surface area contributed by atoms with Crippen LogP contribution in [0, 0.1) is 0 Å². The van der Waals surface area contributed by atoms with E-state index in [9.17, 15) is 0 Å². The molecular weight excluding hydrogens is 184 g/mol. The number of nitrogens with zero attached hydrogens (tertiary/aromatic N) is 1. The Morgan fingerprint density at radius 2 is 2.15 bits per heavy atom. The Morgan fingerprint density at radius 3 is 2.77 bits per heavy atom. The summed E-state index contributed by atoms with van der Waals surface area (Å²) >= 11 is 1.69. The van der Waals surface area contributed by atoms with Crippen LogP contribution in [0.5, 0.6) is 0 Å². The van der Waals surface area contributed by atoms with Crippen molar-refractivity contribution in [2.24, 2.45) is 0 Å². The lowest BCUT2D eigenvalue weighted by molar-refractivity contribution is 0.285. The Morgan fingerprint density at radius 1 is 1.38 bits per heavy atom. The molecule has 72 valence electrons. The minimum atomic E-state index is 0.163. The Labute approximate surface area is 82.0 Å². The predicted molar refractivity (Wildman–Crippen MR) is 55.3 cm³/mol. The minimum absolute atomic E-state index is 0.163. The molecule has 3 nitrogen and oxygen atoms in total. The van der Waals surface area contributed by atoms with Gasteiger partial charge in [-0.25, -0.2) is 0 Å². The molecule has 2 N–H and O–H groups in total.